The standard InChI is InChI=1S/C9H13NO3.ClH/c1-11-6-4-7(12-2)9(10)8(5-6)13-3;/h4-5H,10H2,1-3H3;1H. The zero-order valence-electron chi connectivity index (χ0n) is 8.37. The van der Waals surface area contributed by atoms with Crippen LogP contribution < -0.4 is 19.9 Å². The molecule has 2 N–H and O–H groups in total. The molecule has 0 radical (unpaired) electrons. The van der Waals surface area contributed by atoms with E-state index in [0.717, 1.165) is 0 Å². The molecule has 1 aromatic rings. The summed E-state index contributed by atoms with van der Waals surface area (Å²) >= 11 is 0. The van der Waals surface area contributed by atoms with E-state index >= 15 is 0 Å². The first-order chi connectivity index (χ1) is 6.22. The Balaban J connectivity index is 0.00000169. The minimum atomic E-state index is 0. The van der Waals surface area contributed by atoms with E-state index in [0.29, 0.717) is 22.9 Å². The van der Waals surface area contributed by atoms with Crippen LogP contribution in [0.1, 0.15) is 0 Å². The Morgan fingerprint density at radius 1 is 0.929 bits per heavy atom. The number of anilines is 1. The van der Waals surface area contributed by atoms with Crippen LogP contribution in [0.4, 0.5) is 5.69 Å². The number of ether oxygens (including phenoxy) is 3. The summed E-state index contributed by atoms with van der Waals surface area (Å²) in [5.41, 5.74) is 6.20. The number of rotatable bonds is 3. The molecule has 0 aliphatic rings. The Morgan fingerprint density at radius 2 is 1.36 bits per heavy atom. The zero-order valence-corrected chi connectivity index (χ0v) is 9.18. The third-order valence-electron chi connectivity index (χ3n) is 1.75. The molecule has 0 heterocycles. The molecule has 0 aromatic heterocycles. The van der Waals surface area contributed by atoms with Crippen molar-refractivity contribution in [3.8, 4) is 17.2 Å². The normalized spacial score (nSPS) is 8.79. The highest BCUT2D eigenvalue weighted by atomic mass is 35.5. The second kappa shape index (κ2) is 5.44. The minimum Gasteiger partial charge on any atom is -0.496 e. The quantitative estimate of drug-likeness (QED) is 0.787. The highest BCUT2D eigenvalue weighted by molar-refractivity contribution is 5.85. The van der Waals surface area contributed by atoms with Gasteiger partial charge in [0, 0.05) is 12.1 Å². The van der Waals surface area contributed by atoms with Gasteiger partial charge in [0.05, 0.1) is 21.3 Å². The molecule has 1 rings (SSSR count). The molecule has 0 unspecified atom stereocenters. The summed E-state index contributed by atoms with van der Waals surface area (Å²) in [7, 11) is 4.67. The Morgan fingerprint density at radius 3 is 1.64 bits per heavy atom. The minimum absolute atomic E-state index is 0. The van der Waals surface area contributed by atoms with Crippen LogP contribution in [0.2, 0.25) is 0 Å². The summed E-state index contributed by atoms with van der Waals surface area (Å²) in [6, 6.07) is 3.41. The predicted octanol–water partition coefficient (Wildman–Crippen LogP) is 1.72. The van der Waals surface area contributed by atoms with Gasteiger partial charge in [0.15, 0.2) is 0 Å². The lowest BCUT2D eigenvalue weighted by molar-refractivity contribution is 0.378. The third kappa shape index (κ3) is 2.35. The fraction of sp³-hybridized carbons (Fsp3) is 0.333. The van der Waals surface area contributed by atoms with Crippen molar-refractivity contribution in [2.45, 2.75) is 0 Å². The molecule has 80 valence electrons. The van der Waals surface area contributed by atoms with Crippen molar-refractivity contribution >= 4 is 18.1 Å². The summed E-state index contributed by atoms with van der Waals surface area (Å²) in [5.74, 6) is 1.76. The van der Waals surface area contributed by atoms with Gasteiger partial charge in [0.2, 0.25) is 0 Å². The molecule has 4 nitrogen and oxygen atoms in total. The van der Waals surface area contributed by atoms with Gasteiger partial charge in [-0.3, -0.25) is 0 Å². The van der Waals surface area contributed by atoms with Crippen LogP contribution in [0.5, 0.6) is 17.2 Å². The first-order valence-corrected chi connectivity index (χ1v) is 3.78. The van der Waals surface area contributed by atoms with Gasteiger partial charge in [-0.25, -0.2) is 0 Å². The van der Waals surface area contributed by atoms with Crippen LogP contribution in [0.25, 0.3) is 0 Å². The monoisotopic (exact) mass is 219 g/mol. The van der Waals surface area contributed by atoms with Gasteiger partial charge in [0.1, 0.15) is 22.9 Å². The topological polar surface area (TPSA) is 53.7 Å². The molecular weight excluding hydrogens is 206 g/mol. The van der Waals surface area contributed by atoms with Crippen LogP contribution in [0.15, 0.2) is 12.1 Å². The molecule has 14 heavy (non-hydrogen) atoms. The van der Waals surface area contributed by atoms with E-state index in [2.05, 4.69) is 0 Å². The van der Waals surface area contributed by atoms with E-state index in [9.17, 15) is 0 Å². The van der Waals surface area contributed by atoms with Crippen LogP contribution in [0, 0.1) is 0 Å². The maximum atomic E-state index is 5.72. The van der Waals surface area contributed by atoms with E-state index in [1.165, 1.54) is 0 Å². The molecule has 0 aliphatic heterocycles. The van der Waals surface area contributed by atoms with Gasteiger partial charge in [-0.05, 0) is 0 Å². The molecule has 0 saturated heterocycles. The Hall–Kier alpha value is -1.29. The largest absolute Gasteiger partial charge is 0.496 e. The Bertz CT molecular complexity index is 279. The summed E-state index contributed by atoms with van der Waals surface area (Å²) in [6.07, 6.45) is 0. The van der Waals surface area contributed by atoms with Gasteiger partial charge < -0.3 is 19.9 Å². The predicted molar refractivity (Wildman–Crippen MR) is 57.8 cm³/mol. The lowest BCUT2D eigenvalue weighted by atomic mass is 10.2. The van der Waals surface area contributed by atoms with E-state index in [1.807, 2.05) is 0 Å². The van der Waals surface area contributed by atoms with E-state index < -0.39 is 0 Å². The molecule has 0 spiro atoms. The van der Waals surface area contributed by atoms with Crippen LogP contribution in [0.3, 0.4) is 0 Å². The van der Waals surface area contributed by atoms with Crippen molar-refractivity contribution in [3.63, 3.8) is 0 Å². The number of nitrogen functional groups attached to an aromatic ring is 1. The Kier molecular flexibility index (Phi) is 4.94. The molecule has 0 aliphatic carbocycles. The number of hydrogen-bond donors (Lipinski definition) is 1. The lowest BCUT2D eigenvalue weighted by Gasteiger charge is -2.11. The number of nitrogens with two attached hydrogens (primary N) is 1. The average Bonchev–Trinajstić information content (AvgIpc) is 2.18. The molecular formula is C9H14ClNO3. The van der Waals surface area contributed by atoms with Crippen molar-refractivity contribution in [1.82, 2.24) is 0 Å². The molecule has 0 bridgehead atoms. The molecule has 1 aromatic carbocycles. The third-order valence-corrected chi connectivity index (χ3v) is 1.75. The Labute approximate surface area is 89.4 Å². The van der Waals surface area contributed by atoms with Crippen molar-refractivity contribution in [1.29, 1.82) is 0 Å². The van der Waals surface area contributed by atoms with E-state index in [1.54, 1.807) is 33.5 Å². The van der Waals surface area contributed by atoms with Crippen molar-refractivity contribution < 1.29 is 14.2 Å². The highest BCUT2D eigenvalue weighted by Crippen LogP contribution is 2.35. The van der Waals surface area contributed by atoms with Crippen LogP contribution >= 0.6 is 12.4 Å². The van der Waals surface area contributed by atoms with Crippen LogP contribution in [-0.4, -0.2) is 21.3 Å². The number of methoxy groups -OCH3 is 3. The smallest absolute Gasteiger partial charge is 0.149 e. The summed E-state index contributed by atoms with van der Waals surface area (Å²) < 4.78 is 15.1. The molecule has 0 saturated carbocycles. The maximum Gasteiger partial charge on any atom is 0.149 e. The number of hydrogen-bond acceptors (Lipinski definition) is 4. The first-order valence-electron chi connectivity index (χ1n) is 3.78. The first kappa shape index (κ1) is 12.7. The van der Waals surface area contributed by atoms with Crippen molar-refractivity contribution in [2.75, 3.05) is 27.1 Å². The molecule has 0 fully saturated rings. The van der Waals surface area contributed by atoms with E-state index in [-0.39, 0.29) is 12.4 Å². The van der Waals surface area contributed by atoms with Crippen LogP contribution in [-0.2, 0) is 0 Å². The zero-order chi connectivity index (χ0) is 9.84. The summed E-state index contributed by atoms with van der Waals surface area (Å²) in [4.78, 5) is 0. The highest BCUT2D eigenvalue weighted by Gasteiger charge is 2.08. The fourth-order valence-corrected chi connectivity index (χ4v) is 1.03. The molecule has 5 heteroatoms. The number of benzene rings is 1. The van der Waals surface area contributed by atoms with Gasteiger partial charge in [-0.1, -0.05) is 0 Å². The van der Waals surface area contributed by atoms with Gasteiger partial charge in [-0.15, -0.1) is 12.4 Å². The second-order valence-electron chi connectivity index (χ2n) is 2.45. The van der Waals surface area contributed by atoms with Gasteiger partial charge in [0.25, 0.3) is 0 Å². The SMILES string of the molecule is COc1cc(OC)c(N)c(OC)c1.Cl. The summed E-state index contributed by atoms with van der Waals surface area (Å²) in [6.45, 7) is 0. The summed E-state index contributed by atoms with van der Waals surface area (Å²) in [5, 5.41) is 0. The fourth-order valence-electron chi connectivity index (χ4n) is 1.03. The number of halogens is 1. The van der Waals surface area contributed by atoms with E-state index in [4.69, 9.17) is 19.9 Å². The second-order valence-corrected chi connectivity index (χ2v) is 2.45. The molecule has 0 atom stereocenters. The molecule has 0 amide bonds. The maximum absolute atomic E-state index is 5.72. The van der Waals surface area contributed by atoms with Crippen molar-refractivity contribution in [3.05, 3.63) is 12.1 Å². The van der Waals surface area contributed by atoms with Gasteiger partial charge >= 0.3 is 0 Å². The average molecular weight is 220 g/mol. The van der Waals surface area contributed by atoms with Crippen molar-refractivity contribution in [2.24, 2.45) is 0 Å². The lowest BCUT2D eigenvalue weighted by Crippen LogP contribution is -1.97. The van der Waals surface area contributed by atoms with Gasteiger partial charge in [-0.2, -0.15) is 0 Å².